The van der Waals surface area contributed by atoms with E-state index in [0.29, 0.717) is 18.2 Å². The zero-order chi connectivity index (χ0) is 18.7. The molecule has 3 rings (SSSR count). The van der Waals surface area contributed by atoms with E-state index in [1.54, 1.807) is 12.1 Å². The third-order valence-corrected chi connectivity index (χ3v) is 8.29. The summed E-state index contributed by atoms with van der Waals surface area (Å²) in [5, 5.41) is 0. The summed E-state index contributed by atoms with van der Waals surface area (Å²) in [6, 6.07) is 4.23. The molecule has 26 heavy (non-hydrogen) atoms. The zero-order valence-electron chi connectivity index (χ0n) is 16.0. The van der Waals surface area contributed by atoms with E-state index in [1.807, 2.05) is 25.6 Å². The molecule has 2 fully saturated rings. The molecular weight excluding hydrogens is 368 g/mol. The van der Waals surface area contributed by atoms with Gasteiger partial charge in [0.25, 0.3) is 0 Å². The first-order valence-electron chi connectivity index (χ1n) is 9.37. The van der Waals surface area contributed by atoms with Crippen LogP contribution < -0.4 is 9.46 Å². The molecule has 2 saturated heterocycles. The number of likely N-dealkylation sites (tertiary alicyclic amines) is 1. The van der Waals surface area contributed by atoms with Crippen molar-refractivity contribution in [3.63, 3.8) is 0 Å². The third-order valence-electron chi connectivity index (χ3n) is 5.70. The Labute approximate surface area is 161 Å². The van der Waals surface area contributed by atoms with Crippen molar-refractivity contribution in [1.29, 1.82) is 0 Å². The number of ether oxygens (including phenoxy) is 1. The molecular formula is C19H30N2O3S2. The molecule has 1 atom stereocenters. The summed E-state index contributed by atoms with van der Waals surface area (Å²) in [4.78, 5) is 2.83. The lowest BCUT2D eigenvalue weighted by Gasteiger charge is -2.35. The SMILES string of the molecule is COc1cc(C)c(C)cc1S(=O)(=O)NCC1CCN([C@@H]2CCSC2)CC1. The lowest BCUT2D eigenvalue weighted by Crippen LogP contribution is -2.43. The summed E-state index contributed by atoms with van der Waals surface area (Å²) < 4.78 is 33.7. The van der Waals surface area contributed by atoms with Crippen LogP contribution in [0, 0.1) is 19.8 Å². The average molecular weight is 399 g/mol. The summed E-state index contributed by atoms with van der Waals surface area (Å²) in [6.45, 7) is 6.56. The number of nitrogens with one attached hydrogen (secondary N) is 1. The molecule has 2 aliphatic heterocycles. The maximum absolute atomic E-state index is 12.8. The van der Waals surface area contributed by atoms with E-state index >= 15 is 0 Å². The minimum Gasteiger partial charge on any atom is -0.495 e. The molecule has 0 aromatic heterocycles. The molecule has 0 amide bonds. The van der Waals surface area contributed by atoms with Crippen molar-refractivity contribution in [2.75, 3.05) is 38.2 Å². The lowest BCUT2D eigenvalue weighted by atomic mass is 9.96. The highest BCUT2D eigenvalue weighted by molar-refractivity contribution is 7.99. The molecule has 1 aromatic rings. The van der Waals surface area contributed by atoms with Gasteiger partial charge in [-0.3, -0.25) is 4.90 Å². The van der Waals surface area contributed by atoms with Gasteiger partial charge in [-0.25, -0.2) is 13.1 Å². The molecule has 2 aliphatic rings. The fraction of sp³-hybridized carbons (Fsp3) is 0.684. The number of nitrogens with zero attached hydrogens (tertiary/aromatic N) is 1. The van der Waals surface area contributed by atoms with Crippen LogP contribution in [-0.2, 0) is 10.0 Å². The number of hydrogen-bond acceptors (Lipinski definition) is 5. The number of methoxy groups -OCH3 is 1. The summed E-state index contributed by atoms with van der Waals surface area (Å²) in [6.07, 6.45) is 3.43. The Morgan fingerprint density at radius 1 is 1.19 bits per heavy atom. The average Bonchev–Trinajstić information content (AvgIpc) is 3.17. The van der Waals surface area contributed by atoms with Gasteiger partial charge in [0.05, 0.1) is 7.11 Å². The van der Waals surface area contributed by atoms with Crippen LogP contribution in [0.25, 0.3) is 0 Å². The van der Waals surface area contributed by atoms with Gasteiger partial charge in [-0.2, -0.15) is 11.8 Å². The maximum atomic E-state index is 12.8. The van der Waals surface area contributed by atoms with Gasteiger partial charge in [-0.15, -0.1) is 0 Å². The molecule has 0 bridgehead atoms. The Hall–Kier alpha value is -0.760. The number of thioether (sulfide) groups is 1. The standard InChI is InChI=1S/C19H30N2O3S2/c1-14-10-18(24-3)19(11-15(14)2)26(22,23)20-12-16-4-7-21(8-5-16)17-6-9-25-13-17/h10-11,16-17,20H,4-9,12-13H2,1-3H3/t17-/m1/s1. The number of rotatable bonds is 6. The van der Waals surface area contributed by atoms with Crippen LogP contribution in [0.2, 0.25) is 0 Å². The quantitative estimate of drug-likeness (QED) is 0.798. The van der Waals surface area contributed by atoms with Gasteiger partial charge in [-0.05, 0) is 81.1 Å². The third kappa shape index (κ3) is 4.55. The van der Waals surface area contributed by atoms with Crippen molar-refractivity contribution in [3.05, 3.63) is 23.3 Å². The largest absolute Gasteiger partial charge is 0.495 e. The van der Waals surface area contributed by atoms with Crippen molar-refractivity contribution in [1.82, 2.24) is 9.62 Å². The fourth-order valence-electron chi connectivity index (χ4n) is 3.77. The van der Waals surface area contributed by atoms with E-state index < -0.39 is 10.0 Å². The highest BCUT2D eigenvalue weighted by atomic mass is 32.2. The molecule has 7 heteroatoms. The van der Waals surface area contributed by atoms with Crippen LogP contribution in [-0.4, -0.2) is 57.6 Å². The van der Waals surface area contributed by atoms with Gasteiger partial charge in [0, 0.05) is 18.3 Å². The van der Waals surface area contributed by atoms with Gasteiger partial charge in [0.2, 0.25) is 10.0 Å². The number of benzene rings is 1. The summed E-state index contributed by atoms with van der Waals surface area (Å²) >= 11 is 2.05. The van der Waals surface area contributed by atoms with Crippen LogP contribution in [0.15, 0.2) is 17.0 Å². The highest BCUT2D eigenvalue weighted by Gasteiger charge is 2.28. The van der Waals surface area contributed by atoms with E-state index in [9.17, 15) is 8.42 Å². The first kappa shape index (κ1) is 20.0. The number of hydrogen-bond donors (Lipinski definition) is 1. The molecule has 2 heterocycles. The van der Waals surface area contributed by atoms with E-state index in [1.165, 1.54) is 25.0 Å². The molecule has 0 spiro atoms. The minimum absolute atomic E-state index is 0.239. The molecule has 1 aromatic carbocycles. The molecule has 5 nitrogen and oxygen atoms in total. The second kappa shape index (κ2) is 8.50. The monoisotopic (exact) mass is 398 g/mol. The Balaban J connectivity index is 1.58. The van der Waals surface area contributed by atoms with Gasteiger partial charge in [0.1, 0.15) is 10.6 Å². The van der Waals surface area contributed by atoms with Crippen LogP contribution in [0.1, 0.15) is 30.4 Å². The predicted molar refractivity (Wildman–Crippen MR) is 108 cm³/mol. The fourth-order valence-corrected chi connectivity index (χ4v) is 6.37. The summed E-state index contributed by atoms with van der Waals surface area (Å²) in [7, 11) is -2.05. The number of piperidine rings is 1. The molecule has 146 valence electrons. The van der Waals surface area contributed by atoms with Crippen LogP contribution in [0.5, 0.6) is 5.75 Å². The van der Waals surface area contributed by atoms with E-state index in [4.69, 9.17) is 4.74 Å². The second-order valence-corrected chi connectivity index (χ2v) is 10.3. The van der Waals surface area contributed by atoms with Crippen LogP contribution >= 0.6 is 11.8 Å². The van der Waals surface area contributed by atoms with Crippen molar-refractivity contribution in [2.45, 2.75) is 44.0 Å². The van der Waals surface area contributed by atoms with Gasteiger partial charge < -0.3 is 4.74 Å². The van der Waals surface area contributed by atoms with E-state index in [0.717, 1.165) is 43.1 Å². The second-order valence-electron chi connectivity index (χ2n) is 7.44. The van der Waals surface area contributed by atoms with E-state index in [-0.39, 0.29) is 4.90 Å². The Bertz CT molecular complexity index is 723. The van der Waals surface area contributed by atoms with E-state index in [2.05, 4.69) is 9.62 Å². The first-order valence-corrected chi connectivity index (χ1v) is 12.0. The maximum Gasteiger partial charge on any atom is 0.244 e. The number of aryl methyl sites for hydroxylation is 2. The van der Waals surface area contributed by atoms with Crippen LogP contribution in [0.3, 0.4) is 0 Å². The Kier molecular flexibility index (Phi) is 6.54. The van der Waals surface area contributed by atoms with Crippen molar-refractivity contribution in [3.8, 4) is 5.75 Å². The van der Waals surface area contributed by atoms with Crippen molar-refractivity contribution >= 4 is 21.8 Å². The predicted octanol–water partition coefficient (Wildman–Crippen LogP) is 2.81. The van der Waals surface area contributed by atoms with Crippen molar-refractivity contribution in [2.24, 2.45) is 5.92 Å². The minimum atomic E-state index is -3.56. The Morgan fingerprint density at radius 2 is 1.88 bits per heavy atom. The van der Waals surface area contributed by atoms with Crippen LogP contribution in [0.4, 0.5) is 0 Å². The summed E-state index contributed by atoms with van der Waals surface area (Å²) in [5.74, 6) is 3.35. The van der Waals surface area contributed by atoms with Gasteiger partial charge in [0.15, 0.2) is 0 Å². The lowest BCUT2D eigenvalue weighted by molar-refractivity contribution is 0.145. The van der Waals surface area contributed by atoms with Gasteiger partial charge >= 0.3 is 0 Å². The highest BCUT2D eigenvalue weighted by Crippen LogP contribution is 2.29. The van der Waals surface area contributed by atoms with Crippen molar-refractivity contribution < 1.29 is 13.2 Å². The normalized spacial score (nSPS) is 22.7. The molecule has 0 aliphatic carbocycles. The molecule has 0 radical (unpaired) electrons. The Morgan fingerprint density at radius 3 is 2.50 bits per heavy atom. The first-order chi connectivity index (χ1) is 12.4. The topological polar surface area (TPSA) is 58.6 Å². The zero-order valence-corrected chi connectivity index (χ0v) is 17.6. The summed E-state index contributed by atoms with van der Waals surface area (Å²) in [5.41, 5.74) is 1.98. The smallest absolute Gasteiger partial charge is 0.244 e. The molecule has 0 unspecified atom stereocenters. The molecule has 0 saturated carbocycles. The molecule has 1 N–H and O–H groups in total. The number of sulfonamides is 1. The van der Waals surface area contributed by atoms with Gasteiger partial charge in [-0.1, -0.05) is 0 Å².